The van der Waals surface area contributed by atoms with E-state index < -0.39 is 0 Å². The van der Waals surface area contributed by atoms with Crippen molar-refractivity contribution in [3.63, 3.8) is 0 Å². The first-order chi connectivity index (χ1) is 15.1. The molecular formula is C22H22FN7O. The van der Waals surface area contributed by atoms with Crippen molar-refractivity contribution in [2.75, 3.05) is 18.0 Å². The van der Waals surface area contributed by atoms with Crippen molar-refractivity contribution < 1.29 is 9.13 Å². The van der Waals surface area contributed by atoms with Crippen LogP contribution in [0.25, 0.3) is 22.6 Å². The minimum Gasteiger partial charge on any atom is -0.471 e. The van der Waals surface area contributed by atoms with Gasteiger partial charge in [0.25, 0.3) is 0 Å². The summed E-state index contributed by atoms with van der Waals surface area (Å²) in [5.74, 6) is 1.65. The Kier molecular flexibility index (Phi) is 4.93. The molecule has 31 heavy (non-hydrogen) atoms. The van der Waals surface area contributed by atoms with Crippen LogP contribution in [0.15, 0.2) is 43.0 Å². The van der Waals surface area contributed by atoms with E-state index in [0.717, 1.165) is 30.0 Å². The lowest BCUT2D eigenvalue weighted by Crippen LogP contribution is -2.24. The van der Waals surface area contributed by atoms with E-state index in [1.165, 1.54) is 12.4 Å². The lowest BCUT2D eigenvalue weighted by atomic mass is 10.3. The fourth-order valence-corrected chi connectivity index (χ4v) is 3.92. The number of imidazole rings is 1. The Morgan fingerprint density at radius 1 is 1.16 bits per heavy atom. The molecule has 1 aliphatic rings. The summed E-state index contributed by atoms with van der Waals surface area (Å²) >= 11 is 0. The summed E-state index contributed by atoms with van der Waals surface area (Å²) in [6.45, 7) is 6.02. The first-order valence-electron chi connectivity index (χ1n) is 10.3. The molecule has 0 saturated carbocycles. The number of aryl methyl sites for hydroxylation is 2. The van der Waals surface area contributed by atoms with Gasteiger partial charge in [0.1, 0.15) is 29.9 Å². The molecule has 1 atom stereocenters. The Bertz CT molecular complexity index is 1220. The number of ether oxygens (including phenoxy) is 1. The molecule has 158 valence electrons. The zero-order valence-corrected chi connectivity index (χ0v) is 17.4. The monoisotopic (exact) mass is 419 g/mol. The smallest absolute Gasteiger partial charge is 0.245 e. The van der Waals surface area contributed by atoms with Crippen molar-refractivity contribution in [3.8, 4) is 17.3 Å². The summed E-state index contributed by atoms with van der Waals surface area (Å²) in [5, 5.41) is 0. The minimum absolute atomic E-state index is 0.0701. The maximum absolute atomic E-state index is 13.6. The van der Waals surface area contributed by atoms with Crippen molar-refractivity contribution in [2.24, 2.45) is 0 Å². The highest BCUT2D eigenvalue weighted by Crippen LogP contribution is 2.29. The van der Waals surface area contributed by atoms with Gasteiger partial charge in [-0.15, -0.1) is 0 Å². The van der Waals surface area contributed by atoms with Gasteiger partial charge >= 0.3 is 0 Å². The van der Waals surface area contributed by atoms with Gasteiger partial charge in [0.05, 0.1) is 12.1 Å². The fourth-order valence-electron chi connectivity index (χ4n) is 3.92. The molecule has 3 aromatic heterocycles. The van der Waals surface area contributed by atoms with E-state index in [-0.39, 0.29) is 11.9 Å². The SMILES string of the molecule is CCn1c(-c2cnc(C)nc2)nc2c(OC3CCN(c4cccc(F)c4)C3)ncnc21. The highest BCUT2D eigenvalue weighted by molar-refractivity contribution is 5.81. The van der Waals surface area contributed by atoms with Crippen LogP contribution in [-0.4, -0.2) is 48.7 Å². The van der Waals surface area contributed by atoms with Gasteiger partial charge in [-0.25, -0.2) is 24.3 Å². The van der Waals surface area contributed by atoms with Crippen molar-refractivity contribution >= 4 is 16.9 Å². The molecule has 4 aromatic rings. The minimum atomic E-state index is -0.239. The van der Waals surface area contributed by atoms with Crippen LogP contribution in [0.5, 0.6) is 5.88 Å². The molecule has 0 bridgehead atoms. The number of fused-ring (bicyclic) bond motifs is 1. The van der Waals surface area contributed by atoms with Gasteiger partial charge in [-0.05, 0) is 32.0 Å². The third kappa shape index (κ3) is 3.67. The van der Waals surface area contributed by atoms with Crippen LogP contribution < -0.4 is 9.64 Å². The second-order valence-corrected chi connectivity index (χ2v) is 7.50. The summed E-state index contributed by atoms with van der Waals surface area (Å²) < 4.78 is 21.8. The number of rotatable bonds is 5. The van der Waals surface area contributed by atoms with E-state index in [1.54, 1.807) is 24.5 Å². The van der Waals surface area contributed by atoms with Gasteiger partial charge in [-0.2, -0.15) is 4.98 Å². The van der Waals surface area contributed by atoms with Crippen LogP contribution in [-0.2, 0) is 6.54 Å². The van der Waals surface area contributed by atoms with E-state index in [9.17, 15) is 4.39 Å². The van der Waals surface area contributed by atoms with Gasteiger partial charge in [0.15, 0.2) is 11.2 Å². The molecule has 5 rings (SSSR count). The number of benzene rings is 1. The fraction of sp³-hybridized carbons (Fsp3) is 0.318. The number of anilines is 1. The molecule has 0 radical (unpaired) electrons. The lowest BCUT2D eigenvalue weighted by molar-refractivity contribution is 0.218. The third-order valence-electron chi connectivity index (χ3n) is 5.45. The van der Waals surface area contributed by atoms with Crippen molar-refractivity contribution in [3.05, 3.63) is 54.6 Å². The third-order valence-corrected chi connectivity index (χ3v) is 5.45. The quantitative estimate of drug-likeness (QED) is 0.490. The molecule has 8 nitrogen and oxygen atoms in total. The van der Waals surface area contributed by atoms with Crippen LogP contribution in [0.1, 0.15) is 19.2 Å². The molecule has 1 aliphatic heterocycles. The molecule has 1 fully saturated rings. The standard InChI is InChI=1S/C22H22FN7O/c1-3-30-20(15-10-24-14(2)25-11-15)28-19-21(30)26-13-27-22(19)31-18-7-8-29(12-18)17-6-4-5-16(23)9-17/h4-6,9-11,13,18H,3,7-8,12H2,1-2H3. The second kappa shape index (κ2) is 7.90. The molecule has 9 heteroatoms. The largest absolute Gasteiger partial charge is 0.471 e. The molecule has 0 spiro atoms. The summed E-state index contributed by atoms with van der Waals surface area (Å²) in [6, 6.07) is 6.63. The van der Waals surface area contributed by atoms with Crippen LogP contribution in [0, 0.1) is 12.7 Å². The molecule has 4 heterocycles. The van der Waals surface area contributed by atoms with E-state index in [4.69, 9.17) is 9.72 Å². The Balaban J connectivity index is 1.44. The summed E-state index contributed by atoms with van der Waals surface area (Å²) in [6.07, 6.45) is 5.77. The molecule has 0 N–H and O–H groups in total. The topological polar surface area (TPSA) is 81.9 Å². The normalized spacial score (nSPS) is 16.2. The van der Waals surface area contributed by atoms with Gasteiger partial charge in [-0.3, -0.25) is 0 Å². The van der Waals surface area contributed by atoms with Crippen LogP contribution >= 0.6 is 0 Å². The van der Waals surface area contributed by atoms with E-state index in [2.05, 4.69) is 24.8 Å². The average molecular weight is 419 g/mol. The van der Waals surface area contributed by atoms with Crippen LogP contribution in [0.2, 0.25) is 0 Å². The lowest BCUT2D eigenvalue weighted by Gasteiger charge is -2.18. The van der Waals surface area contributed by atoms with Gasteiger partial charge in [0.2, 0.25) is 5.88 Å². The number of aromatic nitrogens is 6. The van der Waals surface area contributed by atoms with Crippen molar-refractivity contribution in [2.45, 2.75) is 32.9 Å². The zero-order chi connectivity index (χ0) is 21.4. The number of halogens is 1. The van der Waals surface area contributed by atoms with E-state index >= 15 is 0 Å². The number of hydrogen-bond donors (Lipinski definition) is 0. The van der Waals surface area contributed by atoms with Gasteiger partial charge in [-0.1, -0.05) is 6.07 Å². The molecular weight excluding hydrogens is 397 g/mol. The molecule has 0 amide bonds. The van der Waals surface area contributed by atoms with Crippen molar-refractivity contribution in [1.29, 1.82) is 0 Å². The molecule has 0 aliphatic carbocycles. The molecule has 1 aromatic carbocycles. The highest BCUT2D eigenvalue weighted by Gasteiger charge is 2.27. The second-order valence-electron chi connectivity index (χ2n) is 7.50. The first-order valence-corrected chi connectivity index (χ1v) is 10.3. The number of nitrogens with zero attached hydrogens (tertiary/aromatic N) is 7. The van der Waals surface area contributed by atoms with Crippen molar-refractivity contribution in [1.82, 2.24) is 29.5 Å². The summed E-state index contributed by atoms with van der Waals surface area (Å²) in [4.78, 5) is 24.3. The van der Waals surface area contributed by atoms with Crippen LogP contribution in [0.4, 0.5) is 10.1 Å². The maximum Gasteiger partial charge on any atom is 0.245 e. The van der Waals surface area contributed by atoms with E-state index in [1.807, 2.05) is 24.5 Å². The van der Waals surface area contributed by atoms with Crippen LogP contribution in [0.3, 0.4) is 0 Å². The Labute approximate surface area is 178 Å². The van der Waals surface area contributed by atoms with E-state index in [0.29, 0.717) is 36.0 Å². The number of hydrogen-bond acceptors (Lipinski definition) is 7. The predicted molar refractivity (Wildman–Crippen MR) is 114 cm³/mol. The van der Waals surface area contributed by atoms with Gasteiger partial charge < -0.3 is 14.2 Å². The maximum atomic E-state index is 13.6. The summed E-state index contributed by atoms with van der Waals surface area (Å²) in [7, 11) is 0. The molecule has 1 unspecified atom stereocenters. The Morgan fingerprint density at radius 2 is 2.00 bits per heavy atom. The average Bonchev–Trinajstić information content (AvgIpc) is 3.39. The Hall–Kier alpha value is -3.62. The zero-order valence-electron chi connectivity index (χ0n) is 17.4. The predicted octanol–water partition coefficient (Wildman–Crippen LogP) is 3.41. The van der Waals surface area contributed by atoms with Gasteiger partial charge in [0, 0.05) is 37.6 Å². The Morgan fingerprint density at radius 3 is 2.77 bits per heavy atom. The highest BCUT2D eigenvalue weighted by atomic mass is 19.1. The summed E-state index contributed by atoms with van der Waals surface area (Å²) in [5.41, 5.74) is 3.00. The molecule has 1 saturated heterocycles. The first kappa shape index (κ1) is 19.3.